The van der Waals surface area contributed by atoms with Gasteiger partial charge in [-0.15, -0.1) is 0 Å². The van der Waals surface area contributed by atoms with Gasteiger partial charge in [-0.3, -0.25) is 4.79 Å². The van der Waals surface area contributed by atoms with Crippen molar-refractivity contribution in [1.82, 2.24) is 24.7 Å². The Labute approximate surface area is 201 Å². The van der Waals surface area contributed by atoms with Gasteiger partial charge in [0.25, 0.3) is 0 Å². The fourth-order valence-corrected chi connectivity index (χ4v) is 3.33. The molecule has 2 N–H and O–H groups in total. The first kappa shape index (κ1) is 24.3. The number of pyridine rings is 2. The van der Waals surface area contributed by atoms with Crippen molar-refractivity contribution in [2.45, 2.75) is 32.4 Å². The largest absolute Gasteiger partial charge is 0.454 e. The molecule has 0 atom stereocenters. The topological polar surface area (TPSA) is 120 Å². The number of halogens is 4. The van der Waals surface area contributed by atoms with E-state index < -0.39 is 11.6 Å². The second kappa shape index (κ2) is 8.73. The molecule has 4 aromatic heterocycles. The van der Waals surface area contributed by atoms with E-state index in [9.17, 15) is 18.0 Å². The molecule has 4 heterocycles. The van der Waals surface area contributed by atoms with Crippen molar-refractivity contribution in [2.75, 3.05) is 10.6 Å². The first-order valence-corrected chi connectivity index (χ1v) is 10.5. The minimum atomic E-state index is -4.52. The predicted molar refractivity (Wildman–Crippen MR) is 121 cm³/mol. The van der Waals surface area contributed by atoms with Crippen LogP contribution >= 0.6 is 11.6 Å². The molecule has 0 spiro atoms. The third kappa shape index (κ3) is 4.71. The maximum absolute atomic E-state index is 13.3. The number of hydrogen-bond acceptors (Lipinski definition) is 8. The first-order chi connectivity index (χ1) is 16.4. The van der Waals surface area contributed by atoms with Crippen LogP contribution in [0.2, 0.25) is 5.02 Å². The van der Waals surface area contributed by atoms with Crippen molar-refractivity contribution >= 4 is 46.3 Å². The van der Waals surface area contributed by atoms with Crippen LogP contribution in [0.25, 0.3) is 11.2 Å². The maximum atomic E-state index is 13.3. The lowest BCUT2D eigenvalue weighted by molar-refractivity contribution is -0.185. The normalized spacial score (nSPS) is 12.1. The van der Waals surface area contributed by atoms with Crippen LogP contribution in [-0.4, -0.2) is 36.8 Å². The zero-order chi connectivity index (χ0) is 25.5. The van der Waals surface area contributed by atoms with Gasteiger partial charge < -0.3 is 24.5 Å². The van der Waals surface area contributed by atoms with Crippen LogP contribution in [0.5, 0.6) is 11.5 Å². The zero-order valence-electron chi connectivity index (χ0n) is 18.9. The number of hydrogen-bond donors (Lipinski definition) is 2. The number of ether oxygens (including phenoxy) is 1. The Morgan fingerprint density at radius 2 is 1.94 bits per heavy atom. The molecule has 0 radical (unpaired) electrons. The SMILES string of the molecule is CC(=O)Nc1cc(Oc2cnc3nc(Nc4cc(C(C)(C)C(F)(F)F)on4)n(C)c3c2Cl)ccn1. The van der Waals surface area contributed by atoms with Gasteiger partial charge in [0.05, 0.1) is 6.20 Å². The molecular weight excluding hydrogens is 491 g/mol. The second-order valence-electron chi connectivity index (χ2n) is 8.09. The highest BCUT2D eigenvalue weighted by Gasteiger charge is 2.51. The van der Waals surface area contributed by atoms with Crippen LogP contribution < -0.4 is 15.4 Å². The molecule has 0 bridgehead atoms. The Morgan fingerprint density at radius 1 is 1.20 bits per heavy atom. The zero-order valence-corrected chi connectivity index (χ0v) is 19.6. The number of aromatic nitrogens is 5. The average molecular weight is 510 g/mol. The minimum absolute atomic E-state index is 0.0330. The summed E-state index contributed by atoms with van der Waals surface area (Å²) in [6.07, 6.45) is -1.69. The number of imidazole rings is 1. The number of aryl methyl sites for hydroxylation is 1. The third-order valence-corrected chi connectivity index (χ3v) is 5.51. The van der Waals surface area contributed by atoms with Gasteiger partial charge in [-0.05, 0) is 19.9 Å². The van der Waals surface area contributed by atoms with Crippen LogP contribution in [0.3, 0.4) is 0 Å². The molecule has 0 aliphatic carbocycles. The van der Waals surface area contributed by atoms with Crippen molar-refractivity contribution in [1.29, 1.82) is 0 Å². The molecule has 14 heteroatoms. The van der Waals surface area contributed by atoms with Crippen molar-refractivity contribution in [3.05, 3.63) is 41.4 Å². The lowest BCUT2D eigenvalue weighted by Gasteiger charge is -2.24. The molecule has 0 fully saturated rings. The van der Waals surface area contributed by atoms with Crippen LogP contribution in [0.15, 0.2) is 35.1 Å². The van der Waals surface area contributed by atoms with Crippen LogP contribution in [0.1, 0.15) is 26.5 Å². The van der Waals surface area contributed by atoms with E-state index in [4.69, 9.17) is 20.9 Å². The Hall–Kier alpha value is -3.87. The smallest absolute Gasteiger partial charge is 0.401 e. The molecule has 0 aliphatic heterocycles. The van der Waals surface area contributed by atoms with Gasteiger partial charge in [0.2, 0.25) is 11.9 Å². The van der Waals surface area contributed by atoms with E-state index in [1.807, 2.05) is 0 Å². The van der Waals surface area contributed by atoms with Crippen molar-refractivity contribution in [3.63, 3.8) is 0 Å². The standard InChI is InChI=1S/C21H19ClF3N7O3/c1-10(33)28-14-7-11(5-6-26-14)34-12-9-27-18-17(16(12)22)32(4)19(30-18)29-15-8-13(35-31-15)20(2,3)21(23,24)25/h5-9H,1-4H3,(H,26,28,33)(H,27,29,30,31). The molecule has 10 nitrogen and oxygen atoms in total. The van der Waals surface area contributed by atoms with E-state index in [0.717, 1.165) is 19.9 Å². The number of fused-ring (bicyclic) bond motifs is 1. The molecule has 4 aromatic rings. The van der Waals surface area contributed by atoms with Crippen molar-refractivity contribution in [2.24, 2.45) is 7.05 Å². The Bertz CT molecular complexity index is 1420. The van der Waals surface area contributed by atoms with Crippen LogP contribution in [0, 0.1) is 0 Å². The predicted octanol–water partition coefficient (Wildman–Crippen LogP) is 5.34. The van der Waals surface area contributed by atoms with E-state index in [0.29, 0.717) is 17.1 Å². The Kier molecular flexibility index (Phi) is 6.05. The number of nitrogens with one attached hydrogen (secondary N) is 2. The van der Waals surface area contributed by atoms with Gasteiger partial charge >= 0.3 is 6.18 Å². The van der Waals surface area contributed by atoms with Crippen molar-refractivity contribution in [3.8, 4) is 11.5 Å². The van der Waals surface area contributed by atoms with Gasteiger partial charge in [0.15, 0.2) is 23.0 Å². The molecule has 0 aromatic carbocycles. The lowest BCUT2D eigenvalue weighted by atomic mass is 9.89. The fraction of sp³-hybridized carbons (Fsp3) is 0.286. The molecule has 4 rings (SSSR count). The molecule has 0 saturated carbocycles. The highest BCUT2D eigenvalue weighted by atomic mass is 35.5. The fourth-order valence-electron chi connectivity index (χ4n) is 3.03. The first-order valence-electron chi connectivity index (χ1n) is 10.1. The third-order valence-electron chi connectivity index (χ3n) is 5.14. The number of alkyl halides is 3. The molecular formula is C21H19ClF3N7O3. The van der Waals surface area contributed by atoms with Gasteiger partial charge in [0.1, 0.15) is 27.5 Å². The van der Waals surface area contributed by atoms with Gasteiger partial charge in [-0.2, -0.15) is 18.2 Å². The van der Waals surface area contributed by atoms with E-state index in [1.54, 1.807) is 17.7 Å². The number of nitrogens with zero attached hydrogens (tertiary/aromatic N) is 5. The summed E-state index contributed by atoms with van der Waals surface area (Å²) in [6.45, 7) is 3.36. The maximum Gasteiger partial charge on any atom is 0.401 e. The molecule has 0 unspecified atom stereocenters. The Balaban J connectivity index is 1.61. The second-order valence-corrected chi connectivity index (χ2v) is 8.47. The number of carbonyl (C=O) groups excluding carboxylic acids is 1. The van der Waals surface area contributed by atoms with Gasteiger partial charge in [-0.25, -0.2) is 9.97 Å². The quantitative estimate of drug-likeness (QED) is 0.357. The summed E-state index contributed by atoms with van der Waals surface area (Å²) in [5.41, 5.74) is -1.56. The van der Waals surface area contributed by atoms with E-state index in [-0.39, 0.29) is 39.9 Å². The number of anilines is 3. The van der Waals surface area contributed by atoms with Crippen LogP contribution in [0.4, 0.5) is 30.8 Å². The minimum Gasteiger partial charge on any atom is -0.454 e. The number of amides is 1. The summed E-state index contributed by atoms with van der Waals surface area (Å²) in [4.78, 5) is 23.8. The summed E-state index contributed by atoms with van der Waals surface area (Å²) in [5.74, 6) is 0.478. The monoisotopic (exact) mass is 509 g/mol. The molecule has 1 amide bonds. The number of rotatable bonds is 6. The van der Waals surface area contributed by atoms with Crippen molar-refractivity contribution < 1.29 is 27.2 Å². The van der Waals surface area contributed by atoms with Gasteiger partial charge in [0, 0.05) is 32.3 Å². The molecule has 35 heavy (non-hydrogen) atoms. The van der Waals surface area contributed by atoms with E-state index >= 15 is 0 Å². The highest BCUT2D eigenvalue weighted by molar-refractivity contribution is 6.36. The lowest BCUT2D eigenvalue weighted by Crippen LogP contribution is -2.35. The van der Waals surface area contributed by atoms with E-state index in [1.165, 1.54) is 25.4 Å². The van der Waals surface area contributed by atoms with Crippen LogP contribution in [-0.2, 0) is 17.3 Å². The summed E-state index contributed by atoms with van der Waals surface area (Å²) in [7, 11) is 1.64. The summed E-state index contributed by atoms with van der Waals surface area (Å²) >= 11 is 6.55. The summed E-state index contributed by atoms with van der Waals surface area (Å²) in [6, 6.07) is 4.25. The summed E-state index contributed by atoms with van der Waals surface area (Å²) < 4.78 is 52.2. The summed E-state index contributed by atoms with van der Waals surface area (Å²) in [5, 5.41) is 9.24. The number of carbonyl (C=O) groups is 1. The van der Waals surface area contributed by atoms with Gasteiger partial charge in [-0.1, -0.05) is 16.8 Å². The highest BCUT2D eigenvalue weighted by Crippen LogP contribution is 2.41. The average Bonchev–Trinajstić information content (AvgIpc) is 3.35. The Morgan fingerprint density at radius 3 is 2.63 bits per heavy atom. The van der Waals surface area contributed by atoms with E-state index in [2.05, 4.69) is 30.7 Å². The molecule has 184 valence electrons. The molecule has 0 saturated heterocycles. The molecule has 0 aliphatic rings.